The molecule has 0 fully saturated rings. The van der Waals surface area contributed by atoms with Crippen LogP contribution in [0.15, 0.2) is 103 Å². The summed E-state index contributed by atoms with van der Waals surface area (Å²) in [6.45, 7) is -0.369. The summed E-state index contributed by atoms with van der Waals surface area (Å²) in [6, 6.07) is 24.1. The predicted molar refractivity (Wildman–Crippen MR) is 140 cm³/mol. The van der Waals surface area contributed by atoms with Crippen LogP contribution in [0.25, 0.3) is 0 Å². The third kappa shape index (κ3) is 7.14. The fourth-order valence-corrected chi connectivity index (χ4v) is 3.72. The van der Waals surface area contributed by atoms with Gasteiger partial charge in [-0.15, -0.1) is 0 Å². The molecular formula is C30H25NO8. The van der Waals surface area contributed by atoms with E-state index in [0.717, 1.165) is 0 Å². The van der Waals surface area contributed by atoms with Gasteiger partial charge in [-0.1, -0.05) is 30.3 Å². The van der Waals surface area contributed by atoms with Gasteiger partial charge in [-0.2, -0.15) is 0 Å². The van der Waals surface area contributed by atoms with E-state index in [1.807, 2.05) is 0 Å². The maximum Gasteiger partial charge on any atom is 0.338 e. The number of carbonyl (C=O) groups is 3. The molecule has 39 heavy (non-hydrogen) atoms. The van der Waals surface area contributed by atoms with Crippen LogP contribution in [0.2, 0.25) is 0 Å². The first kappa shape index (κ1) is 26.7. The second kappa shape index (κ2) is 12.3. The Hall–Kier alpha value is -5.31. The van der Waals surface area contributed by atoms with Crippen molar-refractivity contribution < 1.29 is 39.2 Å². The zero-order valence-corrected chi connectivity index (χ0v) is 20.6. The maximum absolute atomic E-state index is 13.1. The summed E-state index contributed by atoms with van der Waals surface area (Å²) in [7, 11) is 0. The number of esters is 2. The number of hydrogen-bond acceptors (Lipinski definition) is 8. The van der Waals surface area contributed by atoms with Crippen LogP contribution >= 0.6 is 0 Å². The average Bonchev–Trinajstić information content (AvgIpc) is 2.95. The Balaban J connectivity index is 1.64. The lowest BCUT2D eigenvalue weighted by molar-refractivity contribution is 0.00485. The number of hydrogen-bond donors (Lipinski definition) is 4. The van der Waals surface area contributed by atoms with E-state index in [9.17, 15) is 29.7 Å². The van der Waals surface area contributed by atoms with Gasteiger partial charge in [0.15, 0.2) is 6.10 Å². The predicted octanol–water partition coefficient (Wildman–Crippen LogP) is 4.36. The molecule has 0 radical (unpaired) electrons. The van der Waals surface area contributed by atoms with E-state index in [1.54, 1.807) is 30.3 Å². The molecule has 2 atom stereocenters. The Bertz CT molecular complexity index is 1420. The van der Waals surface area contributed by atoms with Crippen molar-refractivity contribution in [2.24, 2.45) is 0 Å². The highest BCUT2D eigenvalue weighted by Gasteiger charge is 2.31. The molecule has 0 bridgehead atoms. The smallest absolute Gasteiger partial charge is 0.338 e. The van der Waals surface area contributed by atoms with Crippen LogP contribution < -0.4 is 5.32 Å². The minimum absolute atomic E-state index is 0.0177. The first-order valence-electron chi connectivity index (χ1n) is 11.9. The normalized spacial score (nSPS) is 12.1. The van der Waals surface area contributed by atoms with Crippen molar-refractivity contribution in [2.45, 2.75) is 12.1 Å². The van der Waals surface area contributed by atoms with Crippen LogP contribution in [0.1, 0.15) is 42.7 Å². The van der Waals surface area contributed by atoms with E-state index in [-0.39, 0.29) is 40.5 Å². The molecule has 4 aromatic rings. The quantitative estimate of drug-likeness (QED) is 0.235. The van der Waals surface area contributed by atoms with Crippen molar-refractivity contribution >= 4 is 17.8 Å². The summed E-state index contributed by atoms with van der Waals surface area (Å²) in [5.41, 5.74) is 1.09. The number of ether oxygens (including phenoxy) is 2. The fourth-order valence-electron chi connectivity index (χ4n) is 3.72. The average molecular weight is 528 g/mol. The van der Waals surface area contributed by atoms with E-state index in [0.29, 0.717) is 5.56 Å². The molecular weight excluding hydrogens is 502 g/mol. The lowest BCUT2D eigenvalue weighted by atomic mass is 10.0. The number of aromatic hydroxyl groups is 3. The Morgan fingerprint density at radius 3 is 1.59 bits per heavy atom. The van der Waals surface area contributed by atoms with Gasteiger partial charge in [0.25, 0.3) is 5.91 Å². The maximum atomic E-state index is 13.1. The van der Waals surface area contributed by atoms with Gasteiger partial charge in [0.05, 0.1) is 11.1 Å². The zero-order valence-electron chi connectivity index (χ0n) is 20.6. The molecule has 0 saturated heterocycles. The molecule has 0 aliphatic rings. The van der Waals surface area contributed by atoms with E-state index in [1.165, 1.54) is 72.8 Å². The Kier molecular flexibility index (Phi) is 8.43. The topological polar surface area (TPSA) is 142 Å². The fraction of sp³-hybridized carbons (Fsp3) is 0.100. The van der Waals surface area contributed by atoms with Crippen molar-refractivity contribution in [3.8, 4) is 17.2 Å². The Morgan fingerprint density at radius 1 is 0.615 bits per heavy atom. The van der Waals surface area contributed by atoms with Gasteiger partial charge in [-0.3, -0.25) is 4.79 Å². The van der Waals surface area contributed by atoms with Gasteiger partial charge < -0.3 is 30.1 Å². The summed E-state index contributed by atoms with van der Waals surface area (Å²) in [4.78, 5) is 38.9. The third-order valence-corrected chi connectivity index (χ3v) is 5.77. The standard InChI is InChI=1S/C30H25NO8/c32-23-12-6-20(7-13-23)28(35)31-26(18-38-29(36)21-8-14-24(33)15-9-21)27(19-4-2-1-3-5-19)39-30(37)22-10-16-25(34)17-11-22/h1-17,26-27,32-34H,18H2,(H,31,35)/t26-,27+/m0/s1. The van der Waals surface area contributed by atoms with Gasteiger partial charge in [-0.05, 0) is 78.4 Å². The number of rotatable bonds is 9. The number of phenolic OH excluding ortho intramolecular Hbond substituents is 3. The van der Waals surface area contributed by atoms with Gasteiger partial charge in [0, 0.05) is 5.56 Å². The molecule has 0 aromatic heterocycles. The van der Waals surface area contributed by atoms with Crippen molar-refractivity contribution in [2.75, 3.05) is 6.61 Å². The zero-order chi connectivity index (χ0) is 27.8. The molecule has 4 N–H and O–H groups in total. The monoisotopic (exact) mass is 527 g/mol. The van der Waals surface area contributed by atoms with Crippen molar-refractivity contribution in [3.63, 3.8) is 0 Å². The van der Waals surface area contributed by atoms with E-state index < -0.39 is 30.0 Å². The van der Waals surface area contributed by atoms with Crippen molar-refractivity contribution in [3.05, 3.63) is 125 Å². The summed E-state index contributed by atoms with van der Waals surface area (Å²) < 4.78 is 11.3. The number of nitrogens with one attached hydrogen (secondary N) is 1. The molecule has 9 heteroatoms. The molecule has 9 nitrogen and oxygen atoms in total. The van der Waals surface area contributed by atoms with Crippen LogP contribution in [0.3, 0.4) is 0 Å². The first-order valence-corrected chi connectivity index (χ1v) is 11.9. The van der Waals surface area contributed by atoms with Crippen LogP contribution in [0.5, 0.6) is 17.2 Å². The largest absolute Gasteiger partial charge is 0.508 e. The molecule has 0 aliphatic carbocycles. The highest BCUT2D eigenvalue weighted by Crippen LogP contribution is 2.25. The van der Waals surface area contributed by atoms with E-state index >= 15 is 0 Å². The van der Waals surface area contributed by atoms with Crippen LogP contribution in [-0.4, -0.2) is 45.8 Å². The van der Waals surface area contributed by atoms with Crippen LogP contribution in [0, 0.1) is 0 Å². The molecule has 4 aromatic carbocycles. The molecule has 1 amide bonds. The van der Waals surface area contributed by atoms with Gasteiger partial charge in [0.1, 0.15) is 29.9 Å². The highest BCUT2D eigenvalue weighted by molar-refractivity contribution is 5.95. The third-order valence-electron chi connectivity index (χ3n) is 5.77. The highest BCUT2D eigenvalue weighted by atomic mass is 16.6. The second-order valence-electron chi connectivity index (χ2n) is 8.56. The number of carbonyl (C=O) groups excluding carboxylic acids is 3. The van der Waals surface area contributed by atoms with E-state index in [4.69, 9.17) is 9.47 Å². The minimum Gasteiger partial charge on any atom is -0.508 e. The molecule has 4 rings (SSSR count). The Labute approximate surface area is 223 Å². The number of benzene rings is 4. The van der Waals surface area contributed by atoms with Gasteiger partial charge in [0.2, 0.25) is 0 Å². The summed E-state index contributed by atoms with van der Waals surface area (Å²) in [5.74, 6) is -2.05. The lowest BCUT2D eigenvalue weighted by Gasteiger charge is -2.28. The molecule has 0 aliphatic heterocycles. The van der Waals surface area contributed by atoms with Crippen LogP contribution in [0.4, 0.5) is 0 Å². The van der Waals surface area contributed by atoms with Gasteiger partial charge in [-0.25, -0.2) is 9.59 Å². The summed E-state index contributed by atoms with van der Waals surface area (Å²) in [6.07, 6.45) is -1.08. The molecule has 198 valence electrons. The van der Waals surface area contributed by atoms with Gasteiger partial charge >= 0.3 is 11.9 Å². The van der Waals surface area contributed by atoms with Crippen LogP contribution in [-0.2, 0) is 9.47 Å². The number of amides is 1. The second-order valence-corrected chi connectivity index (χ2v) is 8.56. The van der Waals surface area contributed by atoms with E-state index in [2.05, 4.69) is 5.32 Å². The van der Waals surface area contributed by atoms with Crippen molar-refractivity contribution in [1.82, 2.24) is 5.32 Å². The summed E-state index contributed by atoms with van der Waals surface area (Å²) in [5, 5.41) is 31.4. The lowest BCUT2D eigenvalue weighted by Crippen LogP contribution is -2.44. The number of phenols is 3. The minimum atomic E-state index is -1.08. The first-order chi connectivity index (χ1) is 18.8. The van der Waals surface area contributed by atoms with Crippen molar-refractivity contribution in [1.29, 1.82) is 0 Å². The molecule has 0 heterocycles. The summed E-state index contributed by atoms with van der Waals surface area (Å²) >= 11 is 0. The molecule has 0 saturated carbocycles. The SMILES string of the molecule is O=C(N[C@@H](COC(=O)c1ccc(O)cc1)[C@H](OC(=O)c1ccc(O)cc1)c1ccccc1)c1ccc(O)cc1. The molecule has 0 spiro atoms. The molecule has 0 unspecified atom stereocenters. The Morgan fingerprint density at radius 2 is 1.08 bits per heavy atom.